The minimum atomic E-state index is 0.322. The molecule has 0 saturated carbocycles. The van der Waals surface area contributed by atoms with E-state index in [0.717, 1.165) is 18.0 Å². The third kappa shape index (κ3) is 2.48. The van der Waals surface area contributed by atoms with Gasteiger partial charge in [0.2, 0.25) is 0 Å². The van der Waals surface area contributed by atoms with Gasteiger partial charge in [0, 0.05) is 23.7 Å². The van der Waals surface area contributed by atoms with E-state index in [1.165, 1.54) is 12.8 Å². The lowest BCUT2D eigenvalue weighted by Crippen LogP contribution is -2.32. The summed E-state index contributed by atoms with van der Waals surface area (Å²) in [6.45, 7) is 5.51. The molecule has 0 radical (unpaired) electrons. The lowest BCUT2D eigenvalue weighted by molar-refractivity contribution is 0.573. The van der Waals surface area contributed by atoms with E-state index in [9.17, 15) is 0 Å². The van der Waals surface area contributed by atoms with Gasteiger partial charge in [-0.2, -0.15) is 11.8 Å². The molecule has 0 bridgehead atoms. The third-order valence-electron chi connectivity index (χ3n) is 3.74. The highest BCUT2D eigenvalue weighted by Crippen LogP contribution is 2.30. The molecular weight excluding hydrogens is 242 g/mol. The molecule has 0 aliphatic heterocycles. The van der Waals surface area contributed by atoms with E-state index >= 15 is 0 Å². The Balaban J connectivity index is 2.17. The van der Waals surface area contributed by atoms with Gasteiger partial charge in [0.25, 0.3) is 0 Å². The Morgan fingerprint density at radius 1 is 1.33 bits per heavy atom. The zero-order chi connectivity index (χ0) is 13.0. The molecule has 0 atom stereocenters. The largest absolute Gasteiger partial charge is 0.370 e. The van der Waals surface area contributed by atoms with Crippen LogP contribution in [0.1, 0.15) is 26.7 Å². The van der Waals surface area contributed by atoms with E-state index in [4.69, 9.17) is 0 Å². The maximum Gasteiger partial charge on any atom is 0.138 e. The Morgan fingerprint density at radius 3 is 2.78 bits per heavy atom. The fourth-order valence-electron chi connectivity index (χ4n) is 2.20. The Morgan fingerprint density at radius 2 is 2.11 bits per heavy atom. The number of nitrogens with zero attached hydrogens (tertiary/aromatic N) is 2. The van der Waals surface area contributed by atoms with Gasteiger partial charge in [-0.25, -0.2) is 4.98 Å². The summed E-state index contributed by atoms with van der Waals surface area (Å²) >= 11 is 1.96. The van der Waals surface area contributed by atoms with E-state index in [-0.39, 0.29) is 0 Å². The number of pyridine rings is 1. The van der Waals surface area contributed by atoms with Gasteiger partial charge in [-0.05, 0) is 31.2 Å². The van der Waals surface area contributed by atoms with E-state index < -0.39 is 0 Å². The normalized spacial score (nSPS) is 11.9. The van der Waals surface area contributed by atoms with Gasteiger partial charge in [0.15, 0.2) is 0 Å². The Kier molecular flexibility index (Phi) is 4.17. The second kappa shape index (κ2) is 5.65. The molecule has 0 fully saturated rings. The molecule has 0 unspecified atom stereocenters. The number of hydrogen-bond acceptors (Lipinski definition) is 3. The number of anilines is 1. The van der Waals surface area contributed by atoms with Crippen molar-refractivity contribution in [1.82, 2.24) is 9.38 Å². The highest BCUT2D eigenvalue weighted by atomic mass is 32.2. The molecule has 98 valence electrons. The Hall–Kier alpha value is -1.16. The molecule has 2 aromatic heterocycles. The van der Waals surface area contributed by atoms with Crippen LogP contribution >= 0.6 is 11.8 Å². The Labute approximate surface area is 113 Å². The van der Waals surface area contributed by atoms with Crippen molar-refractivity contribution in [3.05, 3.63) is 30.6 Å². The number of fused-ring (bicyclic) bond motifs is 1. The number of rotatable bonds is 6. The molecule has 3 nitrogen and oxygen atoms in total. The maximum absolute atomic E-state index is 4.30. The number of nitrogens with one attached hydrogen (secondary N) is 1. The molecule has 2 aromatic rings. The summed E-state index contributed by atoms with van der Waals surface area (Å²) < 4.78 is 2.42. The lowest BCUT2D eigenvalue weighted by atomic mass is 10.0. The fourth-order valence-corrected chi connectivity index (χ4v) is 3.00. The zero-order valence-electron chi connectivity index (χ0n) is 11.3. The van der Waals surface area contributed by atoms with Crippen LogP contribution in [0.2, 0.25) is 0 Å². The molecule has 0 spiro atoms. The van der Waals surface area contributed by atoms with Crippen molar-refractivity contribution >= 4 is 23.2 Å². The molecule has 2 rings (SSSR count). The van der Waals surface area contributed by atoms with Gasteiger partial charge in [-0.1, -0.05) is 19.9 Å². The standard InChI is InChI=1S/C14H21N3S/c1-4-14(5-2,18-3)11-16-13-8-6-7-12-15-9-10-17(12)13/h6-10,16H,4-5,11H2,1-3H3. The summed E-state index contributed by atoms with van der Waals surface area (Å²) in [5, 5.41) is 3.57. The first-order valence-corrected chi connectivity index (χ1v) is 7.68. The van der Waals surface area contributed by atoms with Crippen LogP contribution in [-0.4, -0.2) is 26.9 Å². The number of imidazole rings is 1. The van der Waals surface area contributed by atoms with Crippen LogP contribution in [0.5, 0.6) is 0 Å². The fraction of sp³-hybridized carbons (Fsp3) is 0.500. The minimum Gasteiger partial charge on any atom is -0.370 e. The molecule has 1 N–H and O–H groups in total. The van der Waals surface area contributed by atoms with Crippen molar-refractivity contribution < 1.29 is 0 Å². The van der Waals surface area contributed by atoms with Crippen LogP contribution in [0.25, 0.3) is 5.65 Å². The highest BCUT2D eigenvalue weighted by molar-refractivity contribution is 8.00. The summed E-state index contributed by atoms with van der Waals surface area (Å²) in [5.41, 5.74) is 0.989. The van der Waals surface area contributed by atoms with Crippen LogP contribution in [0, 0.1) is 0 Å². The van der Waals surface area contributed by atoms with Gasteiger partial charge in [0.1, 0.15) is 11.5 Å². The topological polar surface area (TPSA) is 29.3 Å². The minimum absolute atomic E-state index is 0.322. The molecule has 0 aromatic carbocycles. The molecular formula is C14H21N3S. The van der Waals surface area contributed by atoms with Gasteiger partial charge in [-0.15, -0.1) is 0 Å². The molecule has 4 heteroatoms. The number of thioether (sulfide) groups is 1. The van der Waals surface area contributed by atoms with Crippen molar-refractivity contribution in [2.45, 2.75) is 31.4 Å². The zero-order valence-corrected chi connectivity index (χ0v) is 12.1. The van der Waals surface area contributed by atoms with Crippen LogP contribution in [0.15, 0.2) is 30.6 Å². The van der Waals surface area contributed by atoms with Crippen molar-refractivity contribution in [3.63, 3.8) is 0 Å². The van der Waals surface area contributed by atoms with Crippen molar-refractivity contribution in [1.29, 1.82) is 0 Å². The lowest BCUT2D eigenvalue weighted by Gasteiger charge is -2.30. The van der Waals surface area contributed by atoms with Crippen LogP contribution < -0.4 is 5.32 Å². The molecule has 2 heterocycles. The van der Waals surface area contributed by atoms with E-state index in [0.29, 0.717) is 4.75 Å². The summed E-state index contributed by atoms with van der Waals surface area (Å²) in [6, 6.07) is 6.17. The first-order chi connectivity index (χ1) is 8.74. The van der Waals surface area contributed by atoms with Crippen molar-refractivity contribution in [2.24, 2.45) is 0 Å². The van der Waals surface area contributed by atoms with Gasteiger partial charge in [-0.3, -0.25) is 4.40 Å². The van der Waals surface area contributed by atoms with E-state index in [1.54, 1.807) is 0 Å². The van der Waals surface area contributed by atoms with E-state index in [2.05, 4.69) is 40.9 Å². The summed E-state index contributed by atoms with van der Waals surface area (Å²) in [7, 11) is 0. The molecule has 0 saturated heterocycles. The highest BCUT2D eigenvalue weighted by Gasteiger charge is 2.24. The second-order valence-corrected chi connectivity index (χ2v) is 5.79. The average molecular weight is 263 g/mol. The Bertz CT molecular complexity index is 494. The molecule has 0 aliphatic rings. The van der Waals surface area contributed by atoms with Crippen LogP contribution in [0.3, 0.4) is 0 Å². The number of hydrogen-bond donors (Lipinski definition) is 1. The summed E-state index contributed by atoms with van der Waals surface area (Å²) in [5.74, 6) is 1.12. The second-order valence-electron chi connectivity index (χ2n) is 4.51. The molecule has 0 aliphatic carbocycles. The van der Waals surface area contributed by atoms with Crippen molar-refractivity contribution in [3.8, 4) is 0 Å². The van der Waals surface area contributed by atoms with Gasteiger partial charge >= 0.3 is 0 Å². The van der Waals surface area contributed by atoms with Gasteiger partial charge < -0.3 is 5.32 Å². The molecule has 0 amide bonds. The predicted molar refractivity (Wildman–Crippen MR) is 80.5 cm³/mol. The summed E-state index contributed by atoms with van der Waals surface area (Å²) in [6.07, 6.45) is 8.39. The van der Waals surface area contributed by atoms with Crippen LogP contribution in [-0.2, 0) is 0 Å². The monoisotopic (exact) mass is 263 g/mol. The van der Waals surface area contributed by atoms with E-state index in [1.807, 2.05) is 36.3 Å². The quantitative estimate of drug-likeness (QED) is 0.862. The van der Waals surface area contributed by atoms with Crippen LogP contribution in [0.4, 0.5) is 5.82 Å². The number of aromatic nitrogens is 2. The summed E-state index contributed by atoms with van der Waals surface area (Å²) in [4.78, 5) is 4.30. The average Bonchev–Trinajstić information content (AvgIpc) is 2.90. The first-order valence-electron chi connectivity index (χ1n) is 6.46. The maximum atomic E-state index is 4.30. The first kappa shape index (κ1) is 13.3. The van der Waals surface area contributed by atoms with Crippen molar-refractivity contribution in [2.75, 3.05) is 18.1 Å². The molecule has 18 heavy (non-hydrogen) atoms. The predicted octanol–water partition coefficient (Wildman–Crippen LogP) is 3.67. The van der Waals surface area contributed by atoms with Gasteiger partial charge in [0.05, 0.1) is 0 Å². The SMILES string of the molecule is CCC(CC)(CNc1cccc2nccn12)SC. The smallest absolute Gasteiger partial charge is 0.138 e. The third-order valence-corrected chi connectivity index (χ3v) is 5.33.